The van der Waals surface area contributed by atoms with Gasteiger partial charge < -0.3 is 0 Å². The minimum absolute atomic E-state index is 1.09. The molecular weight excluding hydrogens is 192 g/mol. The van der Waals surface area contributed by atoms with E-state index in [2.05, 4.69) is 19.1 Å². The first-order valence-electron chi connectivity index (χ1n) is 7.10. The van der Waals surface area contributed by atoms with E-state index in [4.69, 9.17) is 6.58 Å². The topological polar surface area (TPSA) is 0 Å². The average molecular weight is 221 g/mol. The highest BCUT2D eigenvalue weighted by Crippen LogP contribution is 2.10. The summed E-state index contributed by atoms with van der Waals surface area (Å²) in [6, 6.07) is 0. The zero-order valence-corrected chi connectivity index (χ0v) is 11.1. The summed E-state index contributed by atoms with van der Waals surface area (Å²) in [5.74, 6) is 0. The standard InChI is InChI=1S/C16H29/c1-3-5-7-9-11-13-15-16-14-12-10-8-6-4-2/h1,3,6,8H,4-5,7,9-16H2,2H3. The van der Waals surface area contributed by atoms with Crippen LogP contribution in [0, 0.1) is 6.58 Å². The smallest absolute Gasteiger partial charge is 0.0348 e. The monoisotopic (exact) mass is 221 g/mol. The van der Waals surface area contributed by atoms with Crippen molar-refractivity contribution in [2.75, 3.05) is 0 Å². The number of rotatable bonds is 12. The van der Waals surface area contributed by atoms with E-state index in [1.54, 1.807) is 6.08 Å². The van der Waals surface area contributed by atoms with Crippen LogP contribution in [0.25, 0.3) is 0 Å². The lowest BCUT2D eigenvalue weighted by Crippen LogP contribution is -1.80. The van der Waals surface area contributed by atoms with Gasteiger partial charge in [0.2, 0.25) is 0 Å². The van der Waals surface area contributed by atoms with Crippen molar-refractivity contribution in [2.24, 2.45) is 0 Å². The molecule has 0 heterocycles. The fourth-order valence-corrected chi connectivity index (χ4v) is 1.87. The highest BCUT2D eigenvalue weighted by atomic mass is 14.0. The van der Waals surface area contributed by atoms with Gasteiger partial charge in [0.1, 0.15) is 0 Å². The predicted molar refractivity (Wildman–Crippen MR) is 74.5 cm³/mol. The molecule has 0 fully saturated rings. The summed E-state index contributed by atoms with van der Waals surface area (Å²) in [4.78, 5) is 0. The molecule has 0 amide bonds. The van der Waals surface area contributed by atoms with Gasteiger partial charge in [-0.3, -0.25) is 0 Å². The number of hydrogen-bond donors (Lipinski definition) is 0. The van der Waals surface area contributed by atoms with E-state index in [-0.39, 0.29) is 0 Å². The van der Waals surface area contributed by atoms with Gasteiger partial charge in [0, 0.05) is 0 Å². The zero-order valence-electron chi connectivity index (χ0n) is 11.1. The summed E-state index contributed by atoms with van der Waals surface area (Å²) in [7, 11) is 0. The largest absolute Gasteiger partial charge is 0.0888 e. The van der Waals surface area contributed by atoms with Crippen molar-refractivity contribution in [3.63, 3.8) is 0 Å². The van der Waals surface area contributed by atoms with Crippen LogP contribution in [-0.4, -0.2) is 0 Å². The summed E-state index contributed by atoms with van der Waals surface area (Å²) in [5, 5.41) is 0. The second-order valence-electron chi connectivity index (χ2n) is 4.52. The molecule has 0 aromatic heterocycles. The van der Waals surface area contributed by atoms with E-state index in [0.29, 0.717) is 0 Å². The molecule has 0 aromatic rings. The average Bonchev–Trinajstić information content (AvgIpc) is 2.31. The highest BCUT2D eigenvalue weighted by Gasteiger charge is 1.91. The minimum Gasteiger partial charge on any atom is -0.0888 e. The fraction of sp³-hybridized carbons (Fsp3) is 0.750. The molecule has 0 aliphatic carbocycles. The van der Waals surface area contributed by atoms with Gasteiger partial charge in [0.05, 0.1) is 0 Å². The maximum Gasteiger partial charge on any atom is -0.0348 e. The van der Waals surface area contributed by atoms with Gasteiger partial charge in [-0.25, -0.2) is 0 Å². The first-order valence-corrected chi connectivity index (χ1v) is 7.10. The van der Waals surface area contributed by atoms with Gasteiger partial charge in [-0.15, -0.1) is 0 Å². The van der Waals surface area contributed by atoms with Gasteiger partial charge in [0.15, 0.2) is 0 Å². The molecule has 0 rings (SSSR count). The first kappa shape index (κ1) is 15.5. The van der Waals surface area contributed by atoms with Gasteiger partial charge in [-0.2, -0.15) is 0 Å². The predicted octanol–water partition coefficient (Wildman–Crippen LogP) is 5.84. The molecule has 0 nitrogen and oxygen atoms in total. The SMILES string of the molecule is [CH]=CCCCCCCCCCCC=CCC. The van der Waals surface area contributed by atoms with E-state index >= 15 is 0 Å². The zero-order chi connectivity index (χ0) is 11.9. The molecule has 1 radical (unpaired) electrons. The van der Waals surface area contributed by atoms with E-state index in [9.17, 15) is 0 Å². The Balaban J connectivity index is 2.93. The summed E-state index contributed by atoms with van der Waals surface area (Å²) < 4.78 is 0. The third kappa shape index (κ3) is 13.5. The Kier molecular flexibility index (Phi) is 14.0. The van der Waals surface area contributed by atoms with Crippen molar-refractivity contribution in [3.8, 4) is 0 Å². The molecule has 93 valence electrons. The van der Waals surface area contributed by atoms with Crippen LogP contribution < -0.4 is 0 Å². The second kappa shape index (κ2) is 14.5. The molecule has 0 N–H and O–H groups in total. The van der Waals surface area contributed by atoms with Gasteiger partial charge in [-0.1, -0.05) is 70.3 Å². The Morgan fingerprint density at radius 2 is 1.19 bits per heavy atom. The lowest BCUT2D eigenvalue weighted by molar-refractivity contribution is 0.571. The van der Waals surface area contributed by atoms with Crippen molar-refractivity contribution in [1.29, 1.82) is 0 Å². The van der Waals surface area contributed by atoms with Crippen molar-refractivity contribution < 1.29 is 0 Å². The third-order valence-electron chi connectivity index (χ3n) is 2.89. The molecule has 0 saturated heterocycles. The molecule has 0 bridgehead atoms. The molecule has 0 unspecified atom stereocenters. The maximum absolute atomic E-state index is 5.33. The number of unbranched alkanes of at least 4 members (excludes halogenated alkanes) is 9. The molecule has 0 aromatic carbocycles. The van der Waals surface area contributed by atoms with Gasteiger partial charge in [0.25, 0.3) is 0 Å². The fourth-order valence-electron chi connectivity index (χ4n) is 1.87. The van der Waals surface area contributed by atoms with E-state index < -0.39 is 0 Å². The summed E-state index contributed by atoms with van der Waals surface area (Å²) in [6.45, 7) is 7.52. The van der Waals surface area contributed by atoms with Crippen LogP contribution >= 0.6 is 0 Å². The van der Waals surface area contributed by atoms with Crippen LogP contribution in [0.15, 0.2) is 18.2 Å². The van der Waals surface area contributed by atoms with E-state index in [1.807, 2.05) is 0 Å². The lowest BCUT2D eigenvalue weighted by atomic mass is 10.1. The highest BCUT2D eigenvalue weighted by molar-refractivity contribution is 4.79. The van der Waals surface area contributed by atoms with Crippen LogP contribution in [0.2, 0.25) is 0 Å². The Morgan fingerprint density at radius 3 is 1.69 bits per heavy atom. The first-order chi connectivity index (χ1) is 7.91. The Hall–Kier alpha value is -0.520. The molecule has 0 saturated carbocycles. The normalized spacial score (nSPS) is 11.1. The minimum atomic E-state index is 1.09. The van der Waals surface area contributed by atoms with Crippen LogP contribution in [0.4, 0.5) is 0 Å². The van der Waals surface area contributed by atoms with Gasteiger partial charge in [-0.05, 0) is 32.1 Å². The maximum atomic E-state index is 5.33. The Labute approximate surface area is 103 Å². The number of allylic oxidation sites excluding steroid dienone is 3. The quantitative estimate of drug-likeness (QED) is 0.287. The summed E-state index contributed by atoms with van der Waals surface area (Å²) >= 11 is 0. The van der Waals surface area contributed by atoms with Crippen molar-refractivity contribution in [3.05, 3.63) is 24.8 Å². The molecule has 0 atom stereocenters. The van der Waals surface area contributed by atoms with Crippen LogP contribution in [0.1, 0.15) is 77.6 Å². The third-order valence-corrected chi connectivity index (χ3v) is 2.89. The summed E-state index contributed by atoms with van der Waals surface area (Å²) in [5.41, 5.74) is 0. The van der Waals surface area contributed by atoms with Crippen molar-refractivity contribution >= 4 is 0 Å². The Bertz CT molecular complexity index is 155. The lowest BCUT2D eigenvalue weighted by Gasteiger charge is -2.00. The molecule has 16 heavy (non-hydrogen) atoms. The molecular formula is C16H29. The molecule has 0 aliphatic rings. The second-order valence-corrected chi connectivity index (χ2v) is 4.52. The van der Waals surface area contributed by atoms with Crippen LogP contribution in [0.3, 0.4) is 0 Å². The van der Waals surface area contributed by atoms with Crippen LogP contribution in [-0.2, 0) is 0 Å². The van der Waals surface area contributed by atoms with E-state index in [1.165, 1.54) is 64.2 Å². The van der Waals surface area contributed by atoms with Crippen molar-refractivity contribution in [2.45, 2.75) is 77.6 Å². The van der Waals surface area contributed by atoms with Crippen molar-refractivity contribution in [1.82, 2.24) is 0 Å². The number of hydrogen-bond acceptors (Lipinski definition) is 0. The molecule has 0 spiro atoms. The Morgan fingerprint density at radius 1 is 0.688 bits per heavy atom. The molecule has 0 heteroatoms. The molecule has 0 aliphatic heterocycles. The van der Waals surface area contributed by atoms with E-state index in [0.717, 1.165) is 6.42 Å². The van der Waals surface area contributed by atoms with Crippen LogP contribution in [0.5, 0.6) is 0 Å². The van der Waals surface area contributed by atoms with Gasteiger partial charge >= 0.3 is 0 Å². The summed E-state index contributed by atoms with van der Waals surface area (Å²) in [6.07, 6.45) is 21.0.